The summed E-state index contributed by atoms with van der Waals surface area (Å²) < 4.78 is 24.9. The highest BCUT2D eigenvalue weighted by molar-refractivity contribution is 7.88. The molecule has 2 amide bonds. The van der Waals surface area contributed by atoms with E-state index in [2.05, 4.69) is 5.32 Å². The fourth-order valence-corrected chi connectivity index (χ4v) is 4.72. The summed E-state index contributed by atoms with van der Waals surface area (Å²) in [4.78, 5) is 27.7. The molecule has 1 aliphatic rings. The van der Waals surface area contributed by atoms with Crippen LogP contribution in [-0.2, 0) is 14.8 Å². The Labute approximate surface area is 195 Å². The molecule has 1 heterocycles. The number of carbonyl (C=O) groups is 2. The van der Waals surface area contributed by atoms with E-state index in [-0.39, 0.29) is 24.9 Å². The van der Waals surface area contributed by atoms with Crippen molar-refractivity contribution >= 4 is 21.8 Å². The smallest absolute Gasteiger partial charge is 0.251 e. The Hall–Kier alpha value is -2.75. The molecule has 3 rings (SSSR count). The minimum Gasteiger partial charge on any atom is -0.340 e. The molecule has 8 nitrogen and oxygen atoms in total. The molecule has 1 saturated heterocycles. The average molecular weight is 473 g/mol. The van der Waals surface area contributed by atoms with Gasteiger partial charge in [-0.2, -0.15) is 4.31 Å². The minimum atomic E-state index is -3.28. The lowest BCUT2D eigenvalue weighted by Crippen LogP contribution is -2.55. The Balaban J connectivity index is 1.66. The van der Waals surface area contributed by atoms with Crippen molar-refractivity contribution in [1.29, 1.82) is 0 Å². The van der Waals surface area contributed by atoms with Crippen molar-refractivity contribution in [3.63, 3.8) is 0 Å². The van der Waals surface area contributed by atoms with Crippen LogP contribution in [0.4, 0.5) is 0 Å². The second-order valence-electron chi connectivity index (χ2n) is 8.24. The number of nitrogens with zero attached hydrogens (tertiary/aromatic N) is 2. The van der Waals surface area contributed by atoms with Crippen molar-refractivity contribution in [3.05, 3.63) is 60.2 Å². The van der Waals surface area contributed by atoms with E-state index in [1.165, 1.54) is 10.6 Å². The predicted molar refractivity (Wildman–Crippen MR) is 129 cm³/mol. The van der Waals surface area contributed by atoms with E-state index >= 15 is 0 Å². The van der Waals surface area contributed by atoms with Gasteiger partial charge in [0.1, 0.15) is 6.04 Å². The SMILES string of the molecule is CS(=O)(=O)N1CCN(C(=O)[C@H](CCCCN)NC(=O)c2ccc(-c3ccccc3)cc2)CC1. The molecule has 0 aromatic heterocycles. The maximum absolute atomic E-state index is 13.2. The van der Waals surface area contributed by atoms with Crippen LogP contribution in [0.25, 0.3) is 11.1 Å². The zero-order valence-corrected chi connectivity index (χ0v) is 19.8. The Kier molecular flexibility index (Phi) is 8.60. The topological polar surface area (TPSA) is 113 Å². The molecule has 1 fully saturated rings. The summed E-state index contributed by atoms with van der Waals surface area (Å²) in [7, 11) is -3.28. The van der Waals surface area contributed by atoms with E-state index in [9.17, 15) is 18.0 Å². The van der Waals surface area contributed by atoms with Crippen LogP contribution in [0.2, 0.25) is 0 Å². The van der Waals surface area contributed by atoms with Crippen LogP contribution in [0.5, 0.6) is 0 Å². The number of hydrogen-bond donors (Lipinski definition) is 2. The van der Waals surface area contributed by atoms with E-state index in [1.807, 2.05) is 42.5 Å². The molecule has 1 aliphatic heterocycles. The average Bonchev–Trinajstić information content (AvgIpc) is 2.83. The summed E-state index contributed by atoms with van der Waals surface area (Å²) in [5.74, 6) is -0.495. The third-order valence-corrected chi connectivity index (χ3v) is 7.13. The number of unbranched alkanes of at least 4 members (excludes halogenated alkanes) is 1. The van der Waals surface area contributed by atoms with Gasteiger partial charge in [0.25, 0.3) is 5.91 Å². The first-order valence-electron chi connectivity index (χ1n) is 11.2. The lowest BCUT2D eigenvalue weighted by Gasteiger charge is -2.35. The van der Waals surface area contributed by atoms with Crippen LogP contribution >= 0.6 is 0 Å². The van der Waals surface area contributed by atoms with Gasteiger partial charge < -0.3 is 16.0 Å². The molecule has 1 atom stereocenters. The van der Waals surface area contributed by atoms with Crippen LogP contribution in [-0.4, -0.2) is 74.5 Å². The molecular formula is C24H32N4O4S. The number of amides is 2. The number of nitrogens with two attached hydrogens (primary N) is 1. The van der Waals surface area contributed by atoms with Crippen LogP contribution < -0.4 is 11.1 Å². The van der Waals surface area contributed by atoms with Crippen molar-refractivity contribution in [1.82, 2.24) is 14.5 Å². The van der Waals surface area contributed by atoms with Gasteiger partial charge in [0.2, 0.25) is 15.9 Å². The first-order chi connectivity index (χ1) is 15.8. The number of sulfonamides is 1. The largest absolute Gasteiger partial charge is 0.340 e. The van der Waals surface area contributed by atoms with Gasteiger partial charge in [-0.1, -0.05) is 42.5 Å². The quantitative estimate of drug-likeness (QED) is 0.539. The zero-order chi connectivity index (χ0) is 23.8. The van der Waals surface area contributed by atoms with Gasteiger partial charge >= 0.3 is 0 Å². The van der Waals surface area contributed by atoms with Gasteiger partial charge in [0.15, 0.2) is 0 Å². The maximum atomic E-state index is 13.2. The van der Waals surface area contributed by atoms with Gasteiger partial charge in [0, 0.05) is 31.7 Å². The van der Waals surface area contributed by atoms with E-state index in [0.717, 1.165) is 17.5 Å². The van der Waals surface area contributed by atoms with Gasteiger partial charge in [-0.3, -0.25) is 9.59 Å². The highest BCUT2D eigenvalue weighted by Gasteiger charge is 2.30. The van der Waals surface area contributed by atoms with E-state index in [1.54, 1.807) is 17.0 Å². The molecule has 0 bridgehead atoms. The predicted octanol–water partition coefficient (Wildman–Crippen LogP) is 1.68. The van der Waals surface area contributed by atoms with E-state index < -0.39 is 16.1 Å². The van der Waals surface area contributed by atoms with Crippen LogP contribution in [0.1, 0.15) is 29.6 Å². The van der Waals surface area contributed by atoms with Crippen molar-refractivity contribution in [2.24, 2.45) is 5.73 Å². The monoisotopic (exact) mass is 472 g/mol. The van der Waals surface area contributed by atoms with Crippen molar-refractivity contribution in [3.8, 4) is 11.1 Å². The van der Waals surface area contributed by atoms with Gasteiger partial charge in [-0.15, -0.1) is 0 Å². The first kappa shape index (κ1) is 24.9. The molecule has 2 aromatic rings. The molecule has 0 aliphatic carbocycles. The molecule has 3 N–H and O–H groups in total. The Morgan fingerprint density at radius 1 is 0.939 bits per heavy atom. The Morgan fingerprint density at radius 3 is 2.12 bits per heavy atom. The second kappa shape index (κ2) is 11.4. The third-order valence-electron chi connectivity index (χ3n) is 5.82. The Morgan fingerprint density at radius 2 is 1.55 bits per heavy atom. The summed E-state index contributed by atoms with van der Waals surface area (Å²) in [6.07, 6.45) is 3.12. The summed E-state index contributed by atoms with van der Waals surface area (Å²) in [5, 5.41) is 2.89. The van der Waals surface area contributed by atoms with Crippen molar-refractivity contribution in [2.45, 2.75) is 25.3 Å². The van der Waals surface area contributed by atoms with E-state index in [4.69, 9.17) is 5.73 Å². The van der Waals surface area contributed by atoms with Gasteiger partial charge in [-0.25, -0.2) is 8.42 Å². The molecule has 178 valence electrons. The lowest BCUT2D eigenvalue weighted by molar-refractivity contribution is -0.134. The second-order valence-corrected chi connectivity index (χ2v) is 10.2. The third kappa shape index (κ3) is 6.86. The van der Waals surface area contributed by atoms with Crippen LogP contribution in [0.3, 0.4) is 0 Å². The van der Waals surface area contributed by atoms with Crippen LogP contribution in [0.15, 0.2) is 54.6 Å². The van der Waals surface area contributed by atoms with Gasteiger partial charge in [-0.05, 0) is 49.1 Å². The molecule has 2 aromatic carbocycles. The highest BCUT2D eigenvalue weighted by Crippen LogP contribution is 2.19. The van der Waals surface area contributed by atoms with Gasteiger partial charge in [0.05, 0.1) is 6.26 Å². The summed E-state index contributed by atoms with van der Waals surface area (Å²) >= 11 is 0. The summed E-state index contributed by atoms with van der Waals surface area (Å²) in [6.45, 7) is 1.65. The fraction of sp³-hybridized carbons (Fsp3) is 0.417. The number of nitrogens with one attached hydrogen (secondary N) is 1. The summed E-state index contributed by atoms with van der Waals surface area (Å²) in [6, 6.07) is 16.5. The van der Waals surface area contributed by atoms with Crippen molar-refractivity contribution < 1.29 is 18.0 Å². The molecule has 0 spiro atoms. The number of benzene rings is 2. The number of carbonyl (C=O) groups excluding carboxylic acids is 2. The molecule has 33 heavy (non-hydrogen) atoms. The minimum absolute atomic E-state index is 0.186. The summed E-state index contributed by atoms with van der Waals surface area (Å²) in [5.41, 5.74) is 8.15. The standard InChI is InChI=1S/C24H32N4O4S/c1-33(31,32)28-17-15-27(16-18-28)24(30)22(9-5-6-14-25)26-23(29)21-12-10-20(11-13-21)19-7-3-2-4-8-19/h2-4,7-8,10-13,22H,5-6,9,14-18,25H2,1H3,(H,26,29)/t22-/m0/s1. The number of piperazine rings is 1. The Bertz CT molecular complexity index is 1030. The zero-order valence-electron chi connectivity index (χ0n) is 18.9. The lowest BCUT2D eigenvalue weighted by atomic mass is 10.0. The first-order valence-corrected chi connectivity index (χ1v) is 13.0. The normalized spacial score (nSPS) is 15.8. The molecule has 0 saturated carbocycles. The molecule has 0 unspecified atom stereocenters. The fourth-order valence-electron chi connectivity index (χ4n) is 3.90. The molecule has 0 radical (unpaired) electrons. The molecular weight excluding hydrogens is 440 g/mol. The van der Waals surface area contributed by atoms with Crippen LogP contribution in [0, 0.1) is 0 Å². The number of hydrogen-bond acceptors (Lipinski definition) is 5. The molecule has 9 heteroatoms. The number of rotatable bonds is 9. The highest BCUT2D eigenvalue weighted by atomic mass is 32.2. The maximum Gasteiger partial charge on any atom is 0.251 e. The van der Waals surface area contributed by atoms with E-state index in [0.29, 0.717) is 38.0 Å². The van der Waals surface area contributed by atoms with Crippen molar-refractivity contribution in [2.75, 3.05) is 39.0 Å².